The van der Waals surface area contributed by atoms with Crippen LogP contribution in [0.25, 0.3) is 0 Å². The van der Waals surface area contributed by atoms with Gasteiger partial charge in [-0.05, 0) is 12.1 Å². The van der Waals surface area contributed by atoms with Crippen LogP contribution < -0.4 is 9.46 Å². The van der Waals surface area contributed by atoms with Crippen molar-refractivity contribution in [2.45, 2.75) is 0 Å². The minimum Gasteiger partial charge on any atom is -0.497 e. The Hall–Kier alpha value is -0.540. The van der Waals surface area contributed by atoms with Crippen LogP contribution in [0.1, 0.15) is 0 Å². The molecule has 0 saturated carbocycles. The molecule has 1 aromatic carbocycles. The Balaban J connectivity index is 2.99. The summed E-state index contributed by atoms with van der Waals surface area (Å²) in [7, 11) is 1.60. The fourth-order valence-electron chi connectivity index (χ4n) is 0.713. The topological polar surface area (TPSA) is 21.3 Å². The molecule has 0 aromatic heterocycles. The zero-order valence-corrected chi connectivity index (χ0v) is 7.62. The van der Waals surface area contributed by atoms with Gasteiger partial charge in [-0.15, -0.1) is 0 Å². The molecule has 0 amide bonds. The fourth-order valence-corrected chi connectivity index (χ4v) is 1.19. The fraction of sp³-hybridized carbons (Fsp3) is 0.143. The number of anilines is 1. The van der Waals surface area contributed by atoms with Gasteiger partial charge in [0.1, 0.15) is 5.75 Å². The Morgan fingerprint density at radius 3 is 2.73 bits per heavy atom. The normalized spacial score (nSPS) is 9.36. The summed E-state index contributed by atoms with van der Waals surface area (Å²) in [5.41, 5.74) is 0.774. The molecule has 1 rings (SSSR count). The number of benzene rings is 1. The molecule has 0 spiro atoms. The van der Waals surface area contributed by atoms with Gasteiger partial charge in [0.05, 0.1) is 17.8 Å². The van der Waals surface area contributed by atoms with Gasteiger partial charge in [-0.2, -0.15) is 0 Å². The maximum absolute atomic E-state index is 5.82. The Morgan fingerprint density at radius 1 is 1.55 bits per heavy atom. The Morgan fingerprint density at radius 2 is 2.27 bits per heavy atom. The zero-order chi connectivity index (χ0) is 8.27. The van der Waals surface area contributed by atoms with E-state index in [2.05, 4.69) is 17.5 Å². The molecule has 60 valence electrons. The highest BCUT2D eigenvalue weighted by Crippen LogP contribution is 2.26. The van der Waals surface area contributed by atoms with Gasteiger partial charge in [0, 0.05) is 6.07 Å². The number of hydrogen-bond acceptors (Lipinski definition) is 3. The van der Waals surface area contributed by atoms with Gasteiger partial charge >= 0.3 is 0 Å². The van der Waals surface area contributed by atoms with Crippen molar-refractivity contribution in [1.82, 2.24) is 0 Å². The average Bonchev–Trinajstić information content (AvgIpc) is 2.04. The first-order valence-electron chi connectivity index (χ1n) is 3.01. The molecule has 0 heterocycles. The summed E-state index contributed by atoms with van der Waals surface area (Å²) in [6.45, 7) is 0. The van der Waals surface area contributed by atoms with E-state index in [9.17, 15) is 0 Å². The van der Waals surface area contributed by atoms with Crippen LogP contribution in [0, 0.1) is 0 Å². The lowest BCUT2D eigenvalue weighted by atomic mass is 10.3. The van der Waals surface area contributed by atoms with E-state index in [1.165, 1.54) is 0 Å². The minimum absolute atomic E-state index is 0.597. The number of methoxy groups -OCH3 is 1. The predicted octanol–water partition coefficient (Wildman–Crippen LogP) is 2.61. The van der Waals surface area contributed by atoms with Crippen LogP contribution in [0.2, 0.25) is 5.02 Å². The molecule has 1 N–H and O–H groups in total. The van der Waals surface area contributed by atoms with E-state index in [-0.39, 0.29) is 0 Å². The highest BCUT2D eigenvalue weighted by Gasteiger charge is 1.98. The number of nitrogens with one attached hydrogen (secondary N) is 1. The smallest absolute Gasteiger partial charge is 0.120 e. The molecule has 0 bridgehead atoms. The molecule has 0 fully saturated rings. The third-order valence-electron chi connectivity index (χ3n) is 1.30. The molecule has 0 aliphatic rings. The molecule has 0 saturated heterocycles. The molecule has 4 heteroatoms. The van der Waals surface area contributed by atoms with Gasteiger partial charge < -0.3 is 9.46 Å². The second-order valence-corrected chi connectivity index (χ2v) is 2.59. The molecule has 1 aromatic rings. The summed E-state index contributed by atoms with van der Waals surface area (Å²) in [4.78, 5) is 0. The largest absolute Gasteiger partial charge is 0.497 e. The van der Waals surface area contributed by atoms with Crippen LogP contribution in [0.4, 0.5) is 5.69 Å². The molecule has 0 aliphatic carbocycles. The monoisotopic (exact) mass is 189 g/mol. The van der Waals surface area contributed by atoms with E-state index >= 15 is 0 Å². The lowest BCUT2D eigenvalue weighted by Gasteiger charge is -2.03. The van der Waals surface area contributed by atoms with Crippen molar-refractivity contribution in [3.63, 3.8) is 0 Å². The van der Waals surface area contributed by atoms with Crippen molar-refractivity contribution in [2.24, 2.45) is 0 Å². The first-order valence-corrected chi connectivity index (χ1v) is 3.84. The predicted molar refractivity (Wildman–Crippen MR) is 50.6 cm³/mol. The molecule has 0 unspecified atom stereocenters. The molecular weight excluding hydrogens is 182 g/mol. The second kappa shape index (κ2) is 3.74. The summed E-state index contributed by atoms with van der Waals surface area (Å²) in [6.07, 6.45) is 0. The van der Waals surface area contributed by atoms with Crippen LogP contribution in [0.5, 0.6) is 5.75 Å². The molecule has 11 heavy (non-hydrogen) atoms. The van der Waals surface area contributed by atoms with Crippen molar-refractivity contribution in [1.29, 1.82) is 0 Å². The standard InChI is InChI=1S/C7H8ClNOS/c1-10-5-2-3-7(9-11)6(8)4-5/h2-4,9,11H,1H3. The van der Waals surface area contributed by atoms with Gasteiger partial charge in [0.25, 0.3) is 0 Å². The SMILES string of the molecule is COc1ccc(NS)c(Cl)c1. The van der Waals surface area contributed by atoms with E-state index in [1.807, 2.05) is 6.07 Å². The van der Waals surface area contributed by atoms with Gasteiger partial charge in [0.2, 0.25) is 0 Å². The molecular formula is C7H8ClNOS. The highest BCUT2D eigenvalue weighted by atomic mass is 35.5. The van der Waals surface area contributed by atoms with Crippen molar-refractivity contribution in [2.75, 3.05) is 11.8 Å². The molecule has 0 radical (unpaired) electrons. The maximum Gasteiger partial charge on any atom is 0.120 e. The Kier molecular flexibility index (Phi) is 2.91. The third-order valence-corrected chi connectivity index (χ3v) is 1.85. The van der Waals surface area contributed by atoms with Gasteiger partial charge in [-0.1, -0.05) is 24.4 Å². The van der Waals surface area contributed by atoms with Crippen LogP contribution in [-0.2, 0) is 0 Å². The Labute approximate surface area is 76.1 Å². The van der Waals surface area contributed by atoms with Gasteiger partial charge in [-0.25, -0.2) is 0 Å². The van der Waals surface area contributed by atoms with Gasteiger partial charge in [0.15, 0.2) is 0 Å². The highest BCUT2D eigenvalue weighted by molar-refractivity contribution is 7.81. The van der Waals surface area contributed by atoms with Crippen molar-refractivity contribution >= 4 is 30.1 Å². The van der Waals surface area contributed by atoms with Crippen LogP contribution in [0.3, 0.4) is 0 Å². The minimum atomic E-state index is 0.597. The average molecular weight is 190 g/mol. The second-order valence-electron chi connectivity index (χ2n) is 1.96. The Bertz CT molecular complexity index is 254. The van der Waals surface area contributed by atoms with Crippen molar-refractivity contribution in [3.05, 3.63) is 23.2 Å². The van der Waals surface area contributed by atoms with E-state index in [0.717, 1.165) is 11.4 Å². The first-order chi connectivity index (χ1) is 5.27. The summed E-state index contributed by atoms with van der Waals surface area (Å²) < 4.78 is 7.61. The van der Waals surface area contributed by atoms with Crippen molar-refractivity contribution in [3.8, 4) is 5.75 Å². The number of halogens is 1. The number of thiol groups is 1. The van der Waals surface area contributed by atoms with Crippen LogP contribution in [0.15, 0.2) is 18.2 Å². The zero-order valence-electron chi connectivity index (χ0n) is 5.97. The third kappa shape index (κ3) is 1.94. The number of hydrogen-bond donors (Lipinski definition) is 2. The molecule has 0 atom stereocenters. The van der Waals surface area contributed by atoms with E-state index in [0.29, 0.717) is 5.02 Å². The van der Waals surface area contributed by atoms with E-state index < -0.39 is 0 Å². The summed E-state index contributed by atoms with van der Waals surface area (Å²) in [5, 5.41) is 0.597. The van der Waals surface area contributed by atoms with E-state index in [1.54, 1.807) is 19.2 Å². The number of rotatable bonds is 2. The van der Waals surface area contributed by atoms with Crippen LogP contribution >= 0.6 is 24.4 Å². The van der Waals surface area contributed by atoms with Crippen LogP contribution in [-0.4, -0.2) is 7.11 Å². The molecule has 2 nitrogen and oxygen atoms in total. The lowest BCUT2D eigenvalue weighted by Crippen LogP contribution is -1.85. The lowest BCUT2D eigenvalue weighted by molar-refractivity contribution is 0.415. The van der Waals surface area contributed by atoms with Gasteiger partial charge in [-0.3, -0.25) is 0 Å². The first kappa shape index (κ1) is 8.56. The molecule has 0 aliphatic heterocycles. The van der Waals surface area contributed by atoms with Crippen molar-refractivity contribution < 1.29 is 4.74 Å². The van der Waals surface area contributed by atoms with E-state index in [4.69, 9.17) is 16.3 Å². The summed E-state index contributed by atoms with van der Waals surface area (Å²) >= 11 is 9.68. The number of ether oxygens (including phenoxy) is 1. The summed E-state index contributed by atoms with van der Waals surface area (Å²) in [6, 6.07) is 5.33. The summed E-state index contributed by atoms with van der Waals surface area (Å²) in [5.74, 6) is 0.738. The maximum atomic E-state index is 5.82. The quantitative estimate of drug-likeness (QED) is 0.698.